The Bertz CT molecular complexity index is 1190. The van der Waals surface area contributed by atoms with Gasteiger partial charge in [0.25, 0.3) is 5.88 Å². The zero-order valence-electron chi connectivity index (χ0n) is 20.4. The van der Waals surface area contributed by atoms with Crippen LogP contribution in [0.4, 0.5) is 0 Å². The van der Waals surface area contributed by atoms with Crippen molar-refractivity contribution in [1.29, 1.82) is 0 Å². The highest BCUT2D eigenvalue weighted by molar-refractivity contribution is 6.30. The van der Waals surface area contributed by atoms with Crippen LogP contribution in [0.3, 0.4) is 0 Å². The maximum absolute atomic E-state index is 13.1. The Labute approximate surface area is 211 Å². The number of carbonyl (C=O) groups excluding carboxylic acids is 1. The van der Waals surface area contributed by atoms with Crippen molar-refractivity contribution in [3.05, 3.63) is 82.3 Å². The largest absolute Gasteiger partial charge is 0.491 e. The van der Waals surface area contributed by atoms with Crippen LogP contribution < -0.4 is 4.74 Å². The summed E-state index contributed by atoms with van der Waals surface area (Å²) in [5.74, 6) is -0.735. The molecule has 0 spiro atoms. The first-order chi connectivity index (χ1) is 16.7. The molecule has 1 aliphatic rings. The molecule has 0 unspecified atom stereocenters. The molecule has 1 saturated carbocycles. The van der Waals surface area contributed by atoms with Crippen molar-refractivity contribution in [2.75, 3.05) is 0 Å². The van der Waals surface area contributed by atoms with E-state index in [0.29, 0.717) is 17.3 Å². The Kier molecular flexibility index (Phi) is 7.31. The molecule has 1 aromatic heterocycles. The summed E-state index contributed by atoms with van der Waals surface area (Å²) >= 11 is 6.30. The lowest BCUT2D eigenvalue weighted by Crippen LogP contribution is -2.28. The molecule has 0 bridgehead atoms. The van der Waals surface area contributed by atoms with Crippen LogP contribution in [0, 0.1) is 0 Å². The molecule has 1 aliphatic carbocycles. The Balaban J connectivity index is 1.70. The summed E-state index contributed by atoms with van der Waals surface area (Å²) in [5, 5.41) is 11.5. The number of benzene rings is 2. The van der Waals surface area contributed by atoms with Gasteiger partial charge in [-0.1, -0.05) is 66.9 Å². The summed E-state index contributed by atoms with van der Waals surface area (Å²) in [5.41, 5.74) is 0.986. The molecule has 0 saturated heterocycles. The highest BCUT2D eigenvalue weighted by Crippen LogP contribution is 2.44. The van der Waals surface area contributed by atoms with Crippen LogP contribution in [-0.4, -0.2) is 26.6 Å². The summed E-state index contributed by atoms with van der Waals surface area (Å²) in [6.45, 7) is 5.50. The maximum Gasteiger partial charge on any atom is 0.361 e. The first-order valence-electron chi connectivity index (χ1n) is 11.9. The van der Waals surface area contributed by atoms with Gasteiger partial charge in [0.1, 0.15) is 18.0 Å². The average Bonchev–Trinajstić information content (AvgIpc) is 3.27. The second-order valence-corrected chi connectivity index (χ2v) is 10.5. The number of hydrogen-bond acceptors (Lipinski definition) is 6. The van der Waals surface area contributed by atoms with Gasteiger partial charge in [-0.3, -0.25) is 0 Å². The van der Waals surface area contributed by atoms with Gasteiger partial charge in [0, 0.05) is 16.9 Å². The fourth-order valence-electron chi connectivity index (χ4n) is 4.63. The minimum atomic E-state index is -0.734. The number of esters is 1. The molecule has 0 amide bonds. The van der Waals surface area contributed by atoms with E-state index in [-0.39, 0.29) is 29.3 Å². The zero-order chi connectivity index (χ0) is 25.1. The van der Waals surface area contributed by atoms with E-state index in [1.165, 1.54) is 0 Å². The van der Waals surface area contributed by atoms with Crippen LogP contribution in [0.25, 0.3) is 0 Å². The molecule has 2 aromatic carbocycles. The van der Waals surface area contributed by atoms with Gasteiger partial charge >= 0.3 is 5.97 Å². The van der Waals surface area contributed by atoms with Crippen molar-refractivity contribution in [2.24, 2.45) is 0 Å². The highest BCUT2D eigenvalue weighted by atomic mass is 35.5. The monoisotopic (exact) mass is 494 g/mol. The second-order valence-electron chi connectivity index (χ2n) is 10.1. The van der Waals surface area contributed by atoms with E-state index in [2.05, 4.69) is 16.0 Å². The van der Waals surface area contributed by atoms with Gasteiger partial charge in [0.05, 0.1) is 0 Å². The molecular formula is C28H31ClN2O4. The third-order valence-electron chi connectivity index (χ3n) is 6.21. The van der Waals surface area contributed by atoms with Crippen LogP contribution >= 0.6 is 11.6 Å². The standard InChI is InChI=1S/C28H31ClN2O4/c1-27(2,3)35-26(33)23-24(34-18-19-10-5-4-6-11-19)25(32)31-22(30-23)17-28(14-7-8-15-28)20-12-9-13-21(29)16-20/h4-6,9-13,16H,7-8,14-15,17-18H2,1-3H3,(H,30,31,32). The molecule has 6 nitrogen and oxygen atoms in total. The van der Waals surface area contributed by atoms with Crippen molar-refractivity contribution in [2.45, 2.75) is 70.5 Å². The molecule has 4 rings (SSSR count). The number of aromatic hydroxyl groups is 1. The van der Waals surface area contributed by atoms with E-state index in [4.69, 9.17) is 21.1 Å². The van der Waals surface area contributed by atoms with E-state index < -0.39 is 11.6 Å². The zero-order valence-corrected chi connectivity index (χ0v) is 21.1. The molecule has 3 aromatic rings. The van der Waals surface area contributed by atoms with Gasteiger partial charge < -0.3 is 14.6 Å². The fourth-order valence-corrected chi connectivity index (χ4v) is 4.82. The van der Waals surface area contributed by atoms with Crippen molar-refractivity contribution in [1.82, 2.24) is 9.97 Å². The Morgan fingerprint density at radius 1 is 1.06 bits per heavy atom. The van der Waals surface area contributed by atoms with Crippen molar-refractivity contribution in [3.8, 4) is 11.6 Å². The Hall–Kier alpha value is -3.12. The van der Waals surface area contributed by atoms with Gasteiger partial charge in [-0.05, 0) is 56.9 Å². The summed E-state index contributed by atoms with van der Waals surface area (Å²) in [7, 11) is 0. The summed E-state index contributed by atoms with van der Waals surface area (Å²) in [4.78, 5) is 22.1. The first kappa shape index (κ1) is 25.0. The molecule has 35 heavy (non-hydrogen) atoms. The van der Waals surface area contributed by atoms with Gasteiger partial charge in [-0.15, -0.1) is 0 Å². The van der Waals surface area contributed by atoms with Gasteiger partial charge in [0.2, 0.25) is 5.75 Å². The van der Waals surface area contributed by atoms with E-state index in [1.807, 2.05) is 48.5 Å². The van der Waals surface area contributed by atoms with Crippen LogP contribution in [0.1, 0.15) is 73.9 Å². The Morgan fingerprint density at radius 3 is 2.43 bits per heavy atom. The minimum absolute atomic E-state index is 0.0717. The quantitative estimate of drug-likeness (QED) is 0.381. The molecule has 0 aliphatic heterocycles. The fraction of sp³-hybridized carbons (Fsp3) is 0.393. The van der Waals surface area contributed by atoms with Crippen molar-refractivity contribution >= 4 is 17.6 Å². The number of rotatable bonds is 7. The predicted octanol–water partition coefficient (Wildman–Crippen LogP) is 6.42. The van der Waals surface area contributed by atoms with Crippen molar-refractivity contribution < 1.29 is 19.4 Å². The number of halogens is 1. The Morgan fingerprint density at radius 2 is 1.77 bits per heavy atom. The summed E-state index contributed by atoms with van der Waals surface area (Å²) in [6, 6.07) is 17.3. The third kappa shape index (κ3) is 6.12. The van der Waals surface area contributed by atoms with Crippen molar-refractivity contribution in [3.63, 3.8) is 0 Å². The molecular weight excluding hydrogens is 464 g/mol. The van der Waals surface area contributed by atoms with E-state index in [9.17, 15) is 9.90 Å². The third-order valence-corrected chi connectivity index (χ3v) is 6.44. The topological polar surface area (TPSA) is 81.5 Å². The molecule has 1 fully saturated rings. The number of carbonyl (C=O) groups is 1. The number of ether oxygens (including phenoxy) is 2. The number of aromatic nitrogens is 2. The van der Waals surface area contributed by atoms with Crippen LogP contribution in [-0.2, 0) is 23.2 Å². The van der Waals surface area contributed by atoms with Gasteiger partial charge in [-0.25, -0.2) is 9.78 Å². The minimum Gasteiger partial charge on any atom is -0.491 e. The van der Waals surface area contributed by atoms with Gasteiger partial charge in [0.15, 0.2) is 5.69 Å². The number of nitrogens with zero attached hydrogens (tertiary/aromatic N) is 2. The molecule has 1 heterocycles. The molecule has 1 N–H and O–H groups in total. The van der Waals surface area contributed by atoms with Crippen LogP contribution in [0.5, 0.6) is 11.6 Å². The lowest BCUT2D eigenvalue weighted by molar-refractivity contribution is 0.00564. The van der Waals surface area contributed by atoms with E-state index >= 15 is 0 Å². The lowest BCUT2D eigenvalue weighted by Gasteiger charge is -2.29. The SMILES string of the molecule is CC(C)(C)OC(=O)c1nc(CC2(c3cccc(Cl)c3)CCCC2)nc(O)c1OCc1ccccc1. The molecule has 0 radical (unpaired) electrons. The average molecular weight is 495 g/mol. The summed E-state index contributed by atoms with van der Waals surface area (Å²) < 4.78 is 11.4. The van der Waals surface area contributed by atoms with Crippen LogP contribution in [0.2, 0.25) is 5.02 Å². The first-order valence-corrected chi connectivity index (χ1v) is 12.3. The smallest absolute Gasteiger partial charge is 0.361 e. The molecule has 184 valence electrons. The molecule has 0 atom stereocenters. The highest BCUT2D eigenvalue weighted by Gasteiger charge is 2.38. The summed E-state index contributed by atoms with van der Waals surface area (Å²) in [6.07, 6.45) is 4.53. The van der Waals surface area contributed by atoms with Crippen LogP contribution in [0.15, 0.2) is 54.6 Å². The normalized spacial score (nSPS) is 15.1. The maximum atomic E-state index is 13.1. The number of hydrogen-bond donors (Lipinski definition) is 1. The van der Waals surface area contributed by atoms with E-state index in [1.54, 1.807) is 20.8 Å². The molecule has 7 heteroatoms. The van der Waals surface area contributed by atoms with E-state index in [0.717, 1.165) is 36.8 Å². The lowest BCUT2D eigenvalue weighted by atomic mass is 9.76. The predicted molar refractivity (Wildman–Crippen MR) is 135 cm³/mol. The van der Waals surface area contributed by atoms with Gasteiger partial charge in [-0.2, -0.15) is 4.98 Å². The second kappa shape index (κ2) is 10.2.